The Morgan fingerprint density at radius 1 is 1.29 bits per heavy atom. The third-order valence-corrected chi connectivity index (χ3v) is 3.59. The van der Waals surface area contributed by atoms with E-state index in [1.807, 2.05) is 23.6 Å². The molecule has 0 radical (unpaired) electrons. The van der Waals surface area contributed by atoms with E-state index in [-0.39, 0.29) is 0 Å². The fraction of sp³-hybridized carbons (Fsp3) is 0.182. The number of rotatable bonds is 4. The molecule has 0 aliphatic carbocycles. The third-order valence-electron chi connectivity index (χ3n) is 2.12. The molecule has 0 spiro atoms. The van der Waals surface area contributed by atoms with Crippen molar-refractivity contribution in [1.82, 2.24) is 4.98 Å². The van der Waals surface area contributed by atoms with Gasteiger partial charge in [-0.15, -0.1) is 11.3 Å². The molecule has 1 N–H and O–H groups in total. The van der Waals surface area contributed by atoms with Gasteiger partial charge in [0.1, 0.15) is 16.1 Å². The summed E-state index contributed by atoms with van der Waals surface area (Å²) in [7, 11) is 3.26. The summed E-state index contributed by atoms with van der Waals surface area (Å²) in [6.07, 6.45) is 0. The van der Waals surface area contributed by atoms with Crippen LogP contribution in [0.5, 0.6) is 11.5 Å². The molecule has 1 heterocycles. The van der Waals surface area contributed by atoms with E-state index >= 15 is 0 Å². The highest BCUT2D eigenvalue weighted by molar-refractivity contribution is 9.10. The molecule has 0 saturated carbocycles. The fourth-order valence-electron chi connectivity index (χ4n) is 1.34. The standard InChI is InChI=1S/C11H11BrN2O2S/c1-15-7-3-4-9(16-2)8(5-7)13-11-14-10(12)6-17-11/h3-6H,1-2H3,(H,13,14). The highest BCUT2D eigenvalue weighted by Gasteiger charge is 2.07. The number of hydrogen-bond acceptors (Lipinski definition) is 5. The van der Waals surface area contributed by atoms with Crippen LogP contribution in [0.15, 0.2) is 28.2 Å². The normalized spacial score (nSPS) is 10.1. The van der Waals surface area contributed by atoms with Gasteiger partial charge in [-0.05, 0) is 28.1 Å². The second-order valence-corrected chi connectivity index (χ2v) is 4.84. The number of nitrogens with zero attached hydrogens (tertiary/aromatic N) is 1. The van der Waals surface area contributed by atoms with Crippen molar-refractivity contribution in [3.8, 4) is 11.5 Å². The van der Waals surface area contributed by atoms with Gasteiger partial charge in [-0.3, -0.25) is 0 Å². The zero-order chi connectivity index (χ0) is 12.3. The number of aromatic nitrogens is 1. The minimum absolute atomic E-state index is 0.747. The number of benzene rings is 1. The van der Waals surface area contributed by atoms with Crippen LogP contribution in [-0.2, 0) is 0 Å². The lowest BCUT2D eigenvalue weighted by Gasteiger charge is -2.10. The maximum atomic E-state index is 5.27. The Morgan fingerprint density at radius 2 is 2.12 bits per heavy atom. The highest BCUT2D eigenvalue weighted by atomic mass is 79.9. The summed E-state index contributed by atoms with van der Waals surface area (Å²) in [5.74, 6) is 1.51. The Hall–Kier alpha value is -1.27. The molecule has 0 atom stereocenters. The molecule has 2 rings (SSSR count). The molecule has 0 aliphatic rings. The first-order chi connectivity index (χ1) is 8.22. The van der Waals surface area contributed by atoms with Gasteiger partial charge in [-0.25, -0.2) is 4.98 Å². The Morgan fingerprint density at radius 3 is 2.71 bits per heavy atom. The van der Waals surface area contributed by atoms with Gasteiger partial charge in [-0.2, -0.15) is 0 Å². The number of nitrogens with one attached hydrogen (secondary N) is 1. The molecule has 0 amide bonds. The number of thiazole rings is 1. The van der Waals surface area contributed by atoms with E-state index in [2.05, 4.69) is 26.2 Å². The molecule has 17 heavy (non-hydrogen) atoms. The number of ether oxygens (including phenoxy) is 2. The Labute approximate surface area is 112 Å². The second-order valence-electron chi connectivity index (χ2n) is 3.17. The van der Waals surface area contributed by atoms with Crippen molar-refractivity contribution in [2.75, 3.05) is 19.5 Å². The van der Waals surface area contributed by atoms with Crippen molar-refractivity contribution in [3.05, 3.63) is 28.2 Å². The summed E-state index contributed by atoms with van der Waals surface area (Å²) in [6.45, 7) is 0. The van der Waals surface area contributed by atoms with Crippen LogP contribution in [0.4, 0.5) is 10.8 Å². The van der Waals surface area contributed by atoms with Crippen LogP contribution in [0.25, 0.3) is 0 Å². The van der Waals surface area contributed by atoms with Crippen molar-refractivity contribution in [2.45, 2.75) is 0 Å². The molecule has 1 aromatic carbocycles. The zero-order valence-electron chi connectivity index (χ0n) is 9.36. The molecule has 0 saturated heterocycles. The smallest absolute Gasteiger partial charge is 0.188 e. The van der Waals surface area contributed by atoms with Crippen molar-refractivity contribution in [3.63, 3.8) is 0 Å². The van der Waals surface area contributed by atoms with Crippen LogP contribution in [0, 0.1) is 0 Å². The predicted molar refractivity (Wildman–Crippen MR) is 72.6 cm³/mol. The second kappa shape index (κ2) is 5.37. The first-order valence-corrected chi connectivity index (χ1v) is 6.50. The maximum absolute atomic E-state index is 5.27. The molecule has 0 fully saturated rings. The van der Waals surface area contributed by atoms with Crippen LogP contribution in [0.3, 0.4) is 0 Å². The van der Waals surface area contributed by atoms with E-state index in [9.17, 15) is 0 Å². The van der Waals surface area contributed by atoms with Crippen molar-refractivity contribution < 1.29 is 9.47 Å². The van der Waals surface area contributed by atoms with Gasteiger partial charge in [0.15, 0.2) is 5.13 Å². The van der Waals surface area contributed by atoms with Gasteiger partial charge in [0.2, 0.25) is 0 Å². The van der Waals surface area contributed by atoms with E-state index in [0.29, 0.717) is 0 Å². The molecule has 0 unspecified atom stereocenters. The predicted octanol–water partition coefficient (Wildman–Crippen LogP) is 3.67. The lowest BCUT2D eigenvalue weighted by Crippen LogP contribution is -1.95. The maximum Gasteiger partial charge on any atom is 0.188 e. The van der Waals surface area contributed by atoms with E-state index in [4.69, 9.17) is 9.47 Å². The topological polar surface area (TPSA) is 43.4 Å². The fourth-order valence-corrected chi connectivity index (χ4v) is 2.50. The van der Waals surface area contributed by atoms with Crippen LogP contribution in [-0.4, -0.2) is 19.2 Å². The minimum Gasteiger partial charge on any atom is -0.497 e. The Bertz CT molecular complexity index is 516. The van der Waals surface area contributed by atoms with Crippen molar-refractivity contribution in [2.24, 2.45) is 0 Å². The molecule has 6 heteroatoms. The first kappa shape index (κ1) is 12.2. The van der Waals surface area contributed by atoms with Crippen LogP contribution < -0.4 is 14.8 Å². The molecular formula is C11H11BrN2O2S. The SMILES string of the molecule is COc1ccc(OC)c(Nc2nc(Br)cs2)c1. The zero-order valence-corrected chi connectivity index (χ0v) is 11.8. The number of halogens is 1. The van der Waals surface area contributed by atoms with Crippen molar-refractivity contribution in [1.29, 1.82) is 0 Å². The number of hydrogen-bond donors (Lipinski definition) is 1. The van der Waals surface area contributed by atoms with Gasteiger partial charge >= 0.3 is 0 Å². The van der Waals surface area contributed by atoms with Crippen LogP contribution >= 0.6 is 27.3 Å². The van der Waals surface area contributed by atoms with Gasteiger partial charge < -0.3 is 14.8 Å². The molecular weight excluding hydrogens is 304 g/mol. The van der Waals surface area contributed by atoms with E-state index in [0.717, 1.165) is 26.9 Å². The summed E-state index contributed by atoms with van der Waals surface area (Å²) in [5.41, 5.74) is 0.828. The number of anilines is 2. The first-order valence-electron chi connectivity index (χ1n) is 4.83. The summed E-state index contributed by atoms with van der Waals surface area (Å²) < 4.78 is 11.3. The van der Waals surface area contributed by atoms with Crippen LogP contribution in [0.1, 0.15) is 0 Å². The van der Waals surface area contributed by atoms with E-state index < -0.39 is 0 Å². The molecule has 0 bridgehead atoms. The quantitative estimate of drug-likeness (QED) is 0.935. The van der Waals surface area contributed by atoms with Gasteiger partial charge in [0, 0.05) is 11.4 Å². The third kappa shape index (κ3) is 2.89. The molecule has 1 aromatic heterocycles. The van der Waals surface area contributed by atoms with Crippen LogP contribution in [0.2, 0.25) is 0 Å². The lowest BCUT2D eigenvalue weighted by molar-refractivity contribution is 0.405. The molecule has 2 aromatic rings. The van der Waals surface area contributed by atoms with Gasteiger partial charge in [0.25, 0.3) is 0 Å². The van der Waals surface area contributed by atoms with Gasteiger partial charge in [-0.1, -0.05) is 0 Å². The van der Waals surface area contributed by atoms with E-state index in [1.165, 1.54) is 11.3 Å². The highest BCUT2D eigenvalue weighted by Crippen LogP contribution is 2.32. The average molecular weight is 315 g/mol. The summed E-state index contributed by atoms with van der Waals surface area (Å²) in [6, 6.07) is 5.57. The largest absolute Gasteiger partial charge is 0.497 e. The number of methoxy groups -OCH3 is 2. The van der Waals surface area contributed by atoms with Crippen molar-refractivity contribution >= 4 is 38.1 Å². The molecule has 0 aliphatic heterocycles. The molecule has 90 valence electrons. The Balaban J connectivity index is 2.29. The summed E-state index contributed by atoms with van der Waals surface area (Å²) in [4.78, 5) is 4.26. The Kier molecular flexibility index (Phi) is 3.86. The summed E-state index contributed by atoms with van der Waals surface area (Å²) >= 11 is 4.82. The molecule has 4 nitrogen and oxygen atoms in total. The van der Waals surface area contributed by atoms with E-state index in [1.54, 1.807) is 14.2 Å². The summed E-state index contributed by atoms with van der Waals surface area (Å²) in [5, 5.41) is 5.90. The lowest BCUT2D eigenvalue weighted by atomic mass is 10.2. The average Bonchev–Trinajstić information content (AvgIpc) is 2.74. The van der Waals surface area contributed by atoms with Gasteiger partial charge in [0.05, 0.1) is 19.9 Å². The minimum atomic E-state index is 0.747. The monoisotopic (exact) mass is 314 g/mol.